The van der Waals surface area contributed by atoms with E-state index in [1.54, 1.807) is 10.9 Å². The third-order valence-corrected chi connectivity index (χ3v) is 2.59. The van der Waals surface area contributed by atoms with Crippen molar-refractivity contribution in [3.8, 4) is 11.6 Å². The van der Waals surface area contributed by atoms with Gasteiger partial charge >= 0.3 is 0 Å². The summed E-state index contributed by atoms with van der Waals surface area (Å²) in [7, 11) is 1.84. The van der Waals surface area contributed by atoms with Crippen LogP contribution in [0, 0.1) is 13.8 Å². The Kier molecular flexibility index (Phi) is 3.10. The number of pyridine rings is 1. The molecule has 0 unspecified atom stereocenters. The highest BCUT2D eigenvalue weighted by molar-refractivity contribution is 5.34. The molecule has 17 heavy (non-hydrogen) atoms. The molecule has 5 heteroatoms. The Hall–Kier alpha value is -1.88. The molecule has 0 atom stereocenters. The maximum Gasteiger partial charge on any atom is 0.222 e. The van der Waals surface area contributed by atoms with Gasteiger partial charge in [-0.15, -0.1) is 0 Å². The van der Waals surface area contributed by atoms with E-state index in [-0.39, 0.29) is 0 Å². The summed E-state index contributed by atoms with van der Waals surface area (Å²) in [4.78, 5) is 4.18. The van der Waals surface area contributed by atoms with Gasteiger partial charge in [-0.2, -0.15) is 5.10 Å². The van der Waals surface area contributed by atoms with Gasteiger partial charge in [-0.3, -0.25) is 4.98 Å². The van der Waals surface area contributed by atoms with Gasteiger partial charge in [-0.1, -0.05) is 0 Å². The zero-order valence-corrected chi connectivity index (χ0v) is 10.3. The second-order valence-corrected chi connectivity index (χ2v) is 3.93. The minimum Gasteiger partial charge on any atom is -0.437 e. The molecule has 2 aromatic rings. The zero-order valence-electron chi connectivity index (χ0n) is 10.3. The molecule has 0 aromatic carbocycles. The molecule has 0 spiro atoms. The first-order valence-corrected chi connectivity index (χ1v) is 5.45. The van der Waals surface area contributed by atoms with Crippen LogP contribution < -0.4 is 10.5 Å². The number of aromatic nitrogens is 3. The number of hydrogen-bond donors (Lipinski definition) is 1. The number of aryl methyl sites for hydroxylation is 3. The summed E-state index contributed by atoms with van der Waals surface area (Å²) in [6, 6.07) is 3.78. The van der Waals surface area contributed by atoms with Crippen LogP contribution in [0.5, 0.6) is 11.6 Å². The van der Waals surface area contributed by atoms with Crippen molar-refractivity contribution in [3.63, 3.8) is 0 Å². The van der Waals surface area contributed by atoms with Crippen LogP contribution in [0.2, 0.25) is 0 Å². The van der Waals surface area contributed by atoms with Crippen LogP contribution in [0.25, 0.3) is 0 Å². The standard InChI is InChI=1S/C12H16N4O/c1-8-4-5-10(7-14-8)17-12-11(6-13)9(2)15-16(12)3/h4-5,7H,6,13H2,1-3H3. The zero-order chi connectivity index (χ0) is 12.4. The van der Waals surface area contributed by atoms with Gasteiger partial charge < -0.3 is 10.5 Å². The van der Waals surface area contributed by atoms with Gasteiger partial charge in [-0.05, 0) is 26.0 Å². The lowest BCUT2D eigenvalue weighted by atomic mass is 10.2. The van der Waals surface area contributed by atoms with E-state index >= 15 is 0 Å². The van der Waals surface area contributed by atoms with E-state index in [1.807, 2.05) is 33.0 Å². The summed E-state index contributed by atoms with van der Waals surface area (Å²) in [5.74, 6) is 1.36. The molecule has 90 valence electrons. The van der Waals surface area contributed by atoms with Crippen LogP contribution in [0.3, 0.4) is 0 Å². The van der Waals surface area contributed by atoms with Crippen molar-refractivity contribution < 1.29 is 4.74 Å². The van der Waals surface area contributed by atoms with Crippen LogP contribution >= 0.6 is 0 Å². The third kappa shape index (κ3) is 2.29. The average Bonchev–Trinajstić information content (AvgIpc) is 2.57. The molecule has 0 saturated heterocycles. The van der Waals surface area contributed by atoms with Crippen molar-refractivity contribution >= 4 is 0 Å². The van der Waals surface area contributed by atoms with Crippen LogP contribution in [0.1, 0.15) is 17.0 Å². The molecular formula is C12H16N4O. The van der Waals surface area contributed by atoms with Crippen molar-refractivity contribution in [2.75, 3.05) is 0 Å². The van der Waals surface area contributed by atoms with Gasteiger partial charge in [0.15, 0.2) is 0 Å². The van der Waals surface area contributed by atoms with Crippen molar-refractivity contribution in [2.24, 2.45) is 12.8 Å². The van der Waals surface area contributed by atoms with E-state index < -0.39 is 0 Å². The first kappa shape index (κ1) is 11.6. The van der Waals surface area contributed by atoms with Crippen LogP contribution in [-0.2, 0) is 13.6 Å². The summed E-state index contributed by atoms with van der Waals surface area (Å²) in [5.41, 5.74) is 8.47. The SMILES string of the molecule is Cc1ccc(Oc2c(CN)c(C)nn2C)cn1. The molecule has 2 aromatic heterocycles. The van der Waals surface area contributed by atoms with E-state index in [0.29, 0.717) is 18.2 Å². The monoisotopic (exact) mass is 232 g/mol. The Morgan fingerprint density at radius 3 is 2.71 bits per heavy atom. The predicted molar refractivity (Wildman–Crippen MR) is 64.9 cm³/mol. The highest BCUT2D eigenvalue weighted by Gasteiger charge is 2.13. The Labute approximate surface area is 100 Å². The van der Waals surface area contributed by atoms with Crippen molar-refractivity contribution in [2.45, 2.75) is 20.4 Å². The fraction of sp³-hybridized carbons (Fsp3) is 0.333. The molecule has 2 heterocycles. The number of nitrogens with zero attached hydrogens (tertiary/aromatic N) is 3. The molecule has 0 fully saturated rings. The third-order valence-electron chi connectivity index (χ3n) is 2.59. The van der Waals surface area contributed by atoms with E-state index in [2.05, 4.69) is 10.1 Å². The van der Waals surface area contributed by atoms with Gasteiger partial charge in [0.2, 0.25) is 5.88 Å². The summed E-state index contributed by atoms with van der Waals surface area (Å²) < 4.78 is 7.46. The van der Waals surface area contributed by atoms with Gasteiger partial charge in [0, 0.05) is 19.3 Å². The molecule has 2 rings (SSSR count). The van der Waals surface area contributed by atoms with E-state index in [1.165, 1.54) is 0 Å². The molecule has 0 aliphatic heterocycles. The number of hydrogen-bond acceptors (Lipinski definition) is 4. The lowest BCUT2D eigenvalue weighted by molar-refractivity contribution is 0.424. The highest BCUT2D eigenvalue weighted by Crippen LogP contribution is 2.26. The lowest BCUT2D eigenvalue weighted by Crippen LogP contribution is -2.01. The molecule has 0 amide bonds. The second-order valence-electron chi connectivity index (χ2n) is 3.93. The van der Waals surface area contributed by atoms with Crippen LogP contribution in [0.4, 0.5) is 0 Å². The molecule has 0 bridgehead atoms. The Morgan fingerprint density at radius 1 is 1.35 bits per heavy atom. The molecule has 0 saturated carbocycles. The number of ether oxygens (including phenoxy) is 1. The van der Waals surface area contributed by atoms with E-state index in [4.69, 9.17) is 10.5 Å². The topological polar surface area (TPSA) is 66.0 Å². The first-order valence-electron chi connectivity index (χ1n) is 5.45. The first-order chi connectivity index (χ1) is 8.11. The lowest BCUT2D eigenvalue weighted by Gasteiger charge is -2.07. The van der Waals surface area contributed by atoms with Gasteiger partial charge in [0.1, 0.15) is 5.75 Å². The molecule has 0 aliphatic carbocycles. The molecular weight excluding hydrogens is 216 g/mol. The fourth-order valence-electron chi connectivity index (χ4n) is 1.67. The summed E-state index contributed by atoms with van der Waals surface area (Å²) in [5, 5.41) is 4.29. The Morgan fingerprint density at radius 2 is 2.12 bits per heavy atom. The Bertz CT molecular complexity index is 516. The van der Waals surface area contributed by atoms with Crippen LogP contribution in [0.15, 0.2) is 18.3 Å². The quantitative estimate of drug-likeness (QED) is 0.874. The largest absolute Gasteiger partial charge is 0.437 e. The normalized spacial score (nSPS) is 10.6. The van der Waals surface area contributed by atoms with Gasteiger partial charge in [-0.25, -0.2) is 4.68 Å². The van der Waals surface area contributed by atoms with Crippen molar-refractivity contribution in [3.05, 3.63) is 35.3 Å². The number of rotatable bonds is 3. The van der Waals surface area contributed by atoms with Gasteiger partial charge in [0.05, 0.1) is 17.5 Å². The van der Waals surface area contributed by atoms with Crippen molar-refractivity contribution in [1.82, 2.24) is 14.8 Å². The predicted octanol–water partition coefficient (Wildman–Crippen LogP) is 1.68. The number of nitrogens with two attached hydrogens (primary N) is 1. The molecule has 0 aliphatic rings. The van der Waals surface area contributed by atoms with E-state index in [0.717, 1.165) is 17.0 Å². The van der Waals surface area contributed by atoms with Crippen LogP contribution in [-0.4, -0.2) is 14.8 Å². The molecule has 0 radical (unpaired) electrons. The minimum absolute atomic E-state index is 0.411. The minimum atomic E-state index is 0.411. The molecule has 5 nitrogen and oxygen atoms in total. The summed E-state index contributed by atoms with van der Waals surface area (Å²) in [6.45, 7) is 4.26. The Balaban J connectivity index is 2.32. The highest BCUT2D eigenvalue weighted by atomic mass is 16.5. The summed E-state index contributed by atoms with van der Waals surface area (Å²) >= 11 is 0. The maximum absolute atomic E-state index is 5.76. The van der Waals surface area contributed by atoms with E-state index in [9.17, 15) is 0 Å². The van der Waals surface area contributed by atoms with Crippen molar-refractivity contribution in [1.29, 1.82) is 0 Å². The summed E-state index contributed by atoms with van der Waals surface area (Å²) in [6.07, 6.45) is 1.69. The molecule has 2 N–H and O–H groups in total. The fourth-order valence-corrected chi connectivity index (χ4v) is 1.67. The van der Waals surface area contributed by atoms with Gasteiger partial charge in [0.25, 0.3) is 0 Å². The maximum atomic E-state index is 5.76. The smallest absolute Gasteiger partial charge is 0.222 e. The average molecular weight is 232 g/mol. The second kappa shape index (κ2) is 4.55.